The number of aliphatic imine (C=N–C) groups is 1. The molecule has 0 atom stereocenters. The number of hydrogen-bond acceptors (Lipinski definition) is 5. The zero-order valence-electron chi connectivity index (χ0n) is 17.0. The zero-order chi connectivity index (χ0) is 19.4. The minimum atomic E-state index is -0.708. The van der Waals surface area contributed by atoms with Gasteiger partial charge in [-0.3, -0.25) is 0 Å². The van der Waals surface area contributed by atoms with Gasteiger partial charge in [0.25, 0.3) is 0 Å². The van der Waals surface area contributed by atoms with Gasteiger partial charge in [0.05, 0.1) is 5.60 Å². The highest BCUT2D eigenvalue weighted by Crippen LogP contribution is 2.18. The van der Waals surface area contributed by atoms with Gasteiger partial charge in [0, 0.05) is 33.9 Å². The average molecular weight is 369 g/mol. The minimum absolute atomic E-state index is 0.428. The molecule has 1 heterocycles. The third-order valence-electron chi connectivity index (χ3n) is 4.39. The van der Waals surface area contributed by atoms with E-state index in [1.165, 1.54) is 0 Å². The molecule has 0 aliphatic rings. The molecular weight excluding hydrogens is 332 g/mol. The molecule has 0 saturated heterocycles. The molecule has 26 heavy (non-hydrogen) atoms. The Morgan fingerprint density at radius 2 is 1.92 bits per heavy atom. The van der Waals surface area contributed by atoms with Crippen molar-refractivity contribution in [2.24, 2.45) is 12.0 Å². The number of aromatic nitrogens is 3. The van der Waals surface area contributed by atoms with Gasteiger partial charge >= 0.3 is 0 Å². The maximum absolute atomic E-state index is 10.8. The Kier molecular flexibility index (Phi) is 10.2. The molecule has 3 N–H and O–H groups in total. The van der Waals surface area contributed by atoms with Gasteiger partial charge in [-0.25, -0.2) is 4.99 Å². The first-order valence-corrected chi connectivity index (χ1v) is 9.54. The molecule has 0 aromatic carbocycles. The van der Waals surface area contributed by atoms with Crippen molar-refractivity contribution in [3.8, 4) is 0 Å². The van der Waals surface area contributed by atoms with Crippen LogP contribution in [0, 0.1) is 6.92 Å². The van der Waals surface area contributed by atoms with E-state index in [1.807, 2.05) is 18.5 Å². The summed E-state index contributed by atoms with van der Waals surface area (Å²) in [5.74, 6) is 2.34. The van der Waals surface area contributed by atoms with Crippen molar-refractivity contribution in [2.45, 2.75) is 65.0 Å². The Bertz CT molecular complexity index is 538. The molecule has 0 radical (unpaired) electrons. The Morgan fingerprint density at radius 1 is 1.23 bits per heavy atom. The summed E-state index contributed by atoms with van der Waals surface area (Å²) in [5, 5.41) is 25.6. The van der Waals surface area contributed by atoms with Gasteiger partial charge in [-0.1, -0.05) is 26.7 Å². The van der Waals surface area contributed by atoms with Crippen LogP contribution >= 0.6 is 0 Å². The van der Waals surface area contributed by atoms with Gasteiger partial charge in [-0.2, -0.15) is 0 Å². The highest BCUT2D eigenvalue weighted by Gasteiger charge is 2.25. The fraction of sp³-hybridized carbons (Fsp3) is 0.833. The highest BCUT2D eigenvalue weighted by atomic mass is 16.5. The molecule has 0 saturated carbocycles. The predicted octanol–water partition coefficient (Wildman–Crippen LogP) is 1.53. The minimum Gasteiger partial charge on any atom is -0.388 e. The predicted molar refractivity (Wildman–Crippen MR) is 104 cm³/mol. The molecule has 1 aromatic rings. The van der Waals surface area contributed by atoms with E-state index in [9.17, 15) is 5.11 Å². The molecule has 0 fully saturated rings. The molecule has 0 spiro atoms. The van der Waals surface area contributed by atoms with E-state index < -0.39 is 5.60 Å². The van der Waals surface area contributed by atoms with Gasteiger partial charge in [0.15, 0.2) is 11.8 Å². The molecule has 1 aromatic heterocycles. The number of aryl methyl sites for hydroxylation is 1. The van der Waals surface area contributed by atoms with Crippen LogP contribution in [0.25, 0.3) is 0 Å². The molecular formula is C18H36N6O2. The van der Waals surface area contributed by atoms with Crippen LogP contribution in [0.15, 0.2) is 4.99 Å². The van der Waals surface area contributed by atoms with Crippen LogP contribution in [-0.4, -0.2) is 58.2 Å². The second-order valence-electron chi connectivity index (χ2n) is 6.74. The number of nitrogens with zero attached hydrogens (tertiary/aromatic N) is 4. The summed E-state index contributed by atoms with van der Waals surface area (Å²) in [6.45, 7) is 8.44. The number of rotatable bonds is 12. The summed E-state index contributed by atoms with van der Waals surface area (Å²) in [6.07, 6.45) is 4.32. The lowest BCUT2D eigenvalue weighted by atomic mass is 9.93. The van der Waals surface area contributed by atoms with Crippen LogP contribution in [0.2, 0.25) is 0 Å². The number of methoxy groups -OCH3 is 1. The zero-order valence-corrected chi connectivity index (χ0v) is 17.0. The van der Waals surface area contributed by atoms with Crippen LogP contribution in [0.1, 0.15) is 57.6 Å². The van der Waals surface area contributed by atoms with Crippen LogP contribution in [0.3, 0.4) is 0 Å². The molecule has 0 bridgehead atoms. The van der Waals surface area contributed by atoms with E-state index in [1.54, 1.807) is 7.11 Å². The largest absolute Gasteiger partial charge is 0.388 e. The topological polar surface area (TPSA) is 96.6 Å². The number of guanidine groups is 1. The van der Waals surface area contributed by atoms with Crippen molar-refractivity contribution >= 4 is 5.96 Å². The second-order valence-corrected chi connectivity index (χ2v) is 6.74. The monoisotopic (exact) mass is 368 g/mol. The first-order chi connectivity index (χ1) is 12.5. The van der Waals surface area contributed by atoms with E-state index in [0.717, 1.165) is 50.3 Å². The highest BCUT2D eigenvalue weighted by molar-refractivity contribution is 5.79. The van der Waals surface area contributed by atoms with E-state index >= 15 is 0 Å². The lowest BCUT2D eigenvalue weighted by Gasteiger charge is -2.28. The Hall–Kier alpha value is -1.67. The third-order valence-corrected chi connectivity index (χ3v) is 4.39. The summed E-state index contributed by atoms with van der Waals surface area (Å²) in [7, 11) is 3.62. The number of ether oxygens (including phenoxy) is 1. The molecule has 0 aliphatic heterocycles. The first kappa shape index (κ1) is 22.4. The summed E-state index contributed by atoms with van der Waals surface area (Å²) >= 11 is 0. The second kappa shape index (κ2) is 11.9. The smallest absolute Gasteiger partial charge is 0.191 e. The molecule has 8 heteroatoms. The Balaban J connectivity index is 2.73. The maximum Gasteiger partial charge on any atom is 0.191 e. The summed E-state index contributed by atoms with van der Waals surface area (Å²) < 4.78 is 7.01. The number of nitrogens with one attached hydrogen (secondary N) is 2. The maximum atomic E-state index is 10.8. The van der Waals surface area contributed by atoms with Crippen molar-refractivity contribution in [1.29, 1.82) is 0 Å². The average Bonchev–Trinajstić information content (AvgIpc) is 2.92. The third kappa shape index (κ3) is 7.70. The molecule has 0 unspecified atom stereocenters. The first-order valence-electron chi connectivity index (χ1n) is 9.54. The van der Waals surface area contributed by atoms with E-state index in [4.69, 9.17) is 4.74 Å². The molecule has 8 nitrogen and oxygen atoms in total. The van der Waals surface area contributed by atoms with Gasteiger partial charge in [-0.05, 0) is 26.2 Å². The van der Waals surface area contributed by atoms with Crippen molar-refractivity contribution < 1.29 is 9.84 Å². The molecule has 0 amide bonds. The van der Waals surface area contributed by atoms with Gasteiger partial charge < -0.3 is 25.0 Å². The fourth-order valence-electron chi connectivity index (χ4n) is 2.82. The lowest BCUT2D eigenvalue weighted by molar-refractivity contribution is 0.0257. The van der Waals surface area contributed by atoms with Crippen molar-refractivity contribution in [1.82, 2.24) is 25.4 Å². The quantitative estimate of drug-likeness (QED) is 0.294. The van der Waals surface area contributed by atoms with Gasteiger partial charge in [0.1, 0.15) is 12.4 Å². The van der Waals surface area contributed by atoms with Gasteiger partial charge in [-0.15, -0.1) is 10.2 Å². The van der Waals surface area contributed by atoms with E-state index in [0.29, 0.717) is 25.7 Å². The van der Waals surface area contributed by atoms with Gasteiger partial charge in [0.2, 0.25) is 0 Å². The number of aliphatic hydroxyl groups is 1. The summed E-state index contributed by atoms with van der Waals surface area (Å²) in [5.41, 5.74) is -0.708. The van der Waals surface area contributed by atoms with Crippen LogP contribution in [-0.2, 0) is 18.3 Å². The van der Waals surface area contributed by atoms with Crippen LogP contribution in [0.4, 0.5) is 0 Å². The van der Waals surface area contributed by atoms with E-state index in [2.05, 4.69) is 39.7 Å². The van der Waals surface area contributed by atoms with Crippen molar-refractivity contribution in [2.75, 3.05) is 26.8 Å². The SMILES string of the molecule is CCCC(O)(CCC)CNC(=NCc1nnc(C)n1C)NCCCOC. The molecule has 1 rings (SSSR count). The summed E-state index contributed by atoms with van der Waals surface area (Å²) in [4.78, 5) is 4.61. The molecule has 150 valence electrons. The van der Waals surface area contributed by atoms with Crippen LogP contribution < -0.4 is 10.6 Å². The van der Waals surface area contributed by atoms with Crippen LogP contribution in [0.5, 0.6) is 0 Å². The normalized spacial score (nSPS) is 12.5. The summed E-state index contributed by atoms with van der Waals surface area (Å²) in [6, 6.07) is 0. The Labute approximate surface area is 157 Å². The van der Waals surface area contributed by atoms with E-state index in [-0.39, 0.29) is 0 Å². The van der Waals surface area contributed by atoms with Crippen molar-refractivity contribution in [3.63, 3.8) is 0 Å². The standard InChI is InChI=1S/C18H36N6O2/c1-6-9-18(25,10-7-2)14-21-17(19-11-8-12-26-5)20-13-16-23-22-15(3)24(16)4/h25H,6-14H2,1-5H3,(H2,19,20,21). The molecule has 0 aliphatic carbocycles. The Morgan fingerprint density at radius 3 is 2.46 bits per heavy atom. The fourth-order valence-corrected chi connectivity index (χ4v) is 2.82. The van der Waals surface area contributed by atoms with Crippen molar-refractivity contribution in [3.05, 3.63) is 11.6 Å². The number of hydrogen-bond donors (Lipinski definition) is 3. The lowest BCUT2D eigenvalue weighted by Crippen LogP contribution is -2.47.